The molecule has 2 unspecified atom stereocenters. The van der Waals surface area contributed by atoms with Crippen LogP contribution in [-0.4, -0.2) is 86.6 Å². The minimum absolute atomic E-state index is 0.0562. The molecule has 0 spiro atoms. The fraction of sp³-hybridized carbons (Fsp3) is 0.528. The number of amides is 1. The number of para-hydroxylation sites is 1. The number of fused-ring (bicyclic) bond motifs is 1. The van der Waals surface area contributed by atoms with Crippen LogP contribution in [0, 0.1) is 0 Å². The molecule has 16 heteroatoms. The first-order chi connectivity index (χ1) is 24.5. The van der Waals surface area contributed by atoms with Crippen LogP contribution in [0.4, 0.5) is 5.82 Å². The highest BCUT2D eigenvalue weighted by molar-refractivity contribution is 7.85. The maximum atomic E-state index is 13.2. The third-order valence-corrected chi connectivity index (χ3v) is 16.0. The Morgan fingerprint density at radius 1 is 1.06 bits per heavy atom. The van der Waals surface area contributed by atoms with E-state index in [0.717, 1.165) is 25.2 Å². The van der Waals surface area contributed by atoms with Crippen LogP contribution in [0.5, 0.6) is 5.75 Å². The van der Waals surface area contributed by atoms with Gasteiger partial charge in [-0.05, 0) is 56.6 Å². The number of aromatic nitrogens is 2. The SMILES string of the molecule is CC[N+](CC)(CC)N1C=Nc2c(ncn2[C@@H]2O[C@H](COS(=O)(=O)NC(=O)c3ccccc3OCc3ccccc3)CC2O[Si](C)(C)C(C)(C)C)C1N. The van der Waals surface area contributed by atoms with E-state index in [1.165, 1.54) is 6.07 Å². The summed E-state index contributed by atoms with van der Waals surface area (Å²) in [6.07, 6.45) is 1.43. The molecule has 5 rings (SSSR count). The van der Waals surface area contributed by atoms with Gasteiger partial charge in [0.25, 0.3) is 5.91 Å². The molecule has 1 saturated heterocycles. The number of nitrogens with one attached hydrogen (secondary N) is 1. The highest BCUT2D eigenvalue weighted by Gasteiger charge is 2.47. The number of imidazole rings is 1. The highest BCUT2D eigenvalue weighted by Crippen LogP contribution is 2.44. The second-order valence-corrected chi connectivity index (χ2v) is 20.8. The Morgan fingerprint density at radius 2 is 1.71 bits per heavy atom. The van der Waals surface area contributed by atoms with E-state index in [9.17, 15) is 13.2 Å². The average Bonchev–Trinajstić information content (AvgIpc) is 3.72. The molecule has 3 N–H and O–H groups in total. The molecule has 3 aromatic rings. The zero-order valence-corrected chi connectivity index (χ0v) is 33.3. The van der Waals surface area contributed by atoms with Crippen LogP contribution in [0.15, 0.2) is 65.9 Å². The van der Waals surface area contributed by atoms with E-state index < -0.39 is 49.1 Å². The molecule has 3 heterocycles. The molecule has 0 saturated carbocycles. The van der Waals surface area contributed by atoms with E-state index >= 15 is 0 Å². The molecule has 14 nitrogen and oxygen atoms in total. The van der Waals surface area contributed by atoms with E-state index in [0.29, 0.717) is 22.5 Å². The zero-order valence-electron chi connectivity index (χ0n) is 31.5. The van der Waals surface area contributed by atoms with Crippen molar-refractivity contribution in [2.75, 3.05) is 26.2 Å². The first-order valence-corrected chi connectivity index (χ1v) is 22.2. The number of quaternary nitrogens is 1. The van der Waals surface area contributed by atoms with Crippen molar-refractivity contribution >= 4 is 36.7 Å². The van der Waals surface area contributed by atoms with Crippen LogP contribution < -0.4 is 15.2 Å². The lowest BCUT2D eigenvalue weighted by molar-refractivity contribution is -1.02. The average molecular weight is 757 g/mol. The maximum absolute atomic E-state index is 13.2. The van der Waals surface area contributed by atoms with Gasteiger partial charge in [-0.1, -0.05) is 63.2 Å². The van der Waals surface area contributed by atoms with Gasteiger partial charge in [-0.25, -0.2) is 19.3 Å². The summed E-state index contributed by atoms with van der Waals surface area (Å²) in [5, 5.41) is 1.94. The molecule has 284 valence electrons. The number of ether oxygens (including phenoxy) is 2. The van der Waals surface area contributed by atoms with Gasteiger partial charge >= 0.3 is 10.3 Å². The van der Waals surface area contributed by atoms with E-state index in [1.54, 1.807) is 30.9 Å². The van der Waals surface area contributed by atoms with Crippen LogP contribution in [0.3, 0.4) is 0 Å². The Balaban J connectivity index is 1.31. The lowest BCUT2D eigenvalue weighted by Crippen LogP contribution is -2.62. The molecule has 4 atom stereocenters. The largest absolute Gasteiger partial charge is 0.488 e. The van der Waals surface area contributed by atoms with Gasteiger partial charge in [0.15, 0.2) is 26.5 Å². The number of rotatable bonds is 15. The van der Waals surface area contributed by atoms with Gasteiger partial charge in [-0.15, -0.1) is 0 Å². The van der Waals surface area contributed by atoms with Crippen molar-refractivity contribution in [2.45, 2.75) is 97.3 Å². The molecule has 0 radical (unpaired) electrons. The smallest absolute Gasteiger partial charge is 0.362 e. The molecule has 0 aliphatic carbocycles. The third-order valence-electron chi connectivity index (χ3n) is 10.6. The number of nitrogens with zero attached hydrogens (tertiary/aromatic N) is 5. The van der Waals surface area contributed by atoms with Crippen molar-refractivity contribution in [3.63, 3.8) is 0 Å². The summed E-state index contributed by atoms with van der Waals surface area (Å²) in [5.41, 5.74) is 8.39. The number of benzene rings is 2. The zero-order chi connectivity index (χ0) is 37.9. The van der Waals surface area contributed by atoms with E-state index in [4.69, 9.17) is 33.8 Å². The molecular formula is C36H54N7O7SSi+. The molecule has 1 aromatic heterocycles. The van der Waals surface area contributed by atoms with Crippen LogP contribution in [0.2, 0.25) is 18.1 Å². The Labute approximate surface area is 308 Å². The second kappa shape index (κ2) is 15.8. The summed E-state index contributed by atoms with van der Waals surface area (Å²) >= 11 is 0. The number of aliphatic imine (C=N–C) groups is 1. The van der Waals surface area contributed by atoms with Crippen LogP contribution in [0.1, 0.15) is 82.0 Å². The van der Waals surface area contributed by atoms with Crippen LogP contribution >= 0.6 is 0 Å². The van der Waals surface area contributed by atoms with Crippen molar-refractivity contribution in [1.29, 1.82) is 0 Å². The van der Waals surface area contributed by atoms with Crippen molar-refractivity contribution in [3.8, 4) is 5.75 Å². The standard InChI is InChI=1S/C36H53N7O7SSi/c1-9-43(10-2,11-3)42-25-39-33-31(32(42)37)38-24-41(33)35-30(50-52(7,8)36(4,5)6)21-27(49-35)23-48-51(45,46)40-34(44)28-19-15-16-20-29(28)47-22-26-17-13-12-14-18-26/h12-20,24-25,27,30,32,35H,9-11,21-23,37H2,1-8H3/p+1/t27-,30?,32?,35+/m0/s1. The Morgan fingerprint density at radius 3 is 2.37 bits per heavy atom. The summed E-state index contributed by atoms with van der Waals surface area (Å²) in [6, 6.07) is 15.9. The van der Waals surface area contributed by atoms with Gasteiger partial charge < -0.3 is 19.6 Å². The van der Waals surface area contributed by atoms with Gasteiger partial charge in [0, 0.05) is 6.42 Å². The van der Waals surface area contributed by atoms with Gasteiger partial charge in [-0.3, -0.25) is 13.5 Å². The second-order valence-electron chi connectivity index (χ2n) is 14.7. The first-order valence-electron chi connectivity index (χ1n) is 17.9. The molecular weight excluding hydrogens is 703 g/mol. The van der Waals surface area contributed by atoms with Crippen LogP contribution in [-0.2, 0) is 30.3 Å². The Kier molecular flexibility index (Phi) is 12.0. The number of hydrogen-bond acceptors (Lipinski definition) is 11. The fourth-order valence-electron chi connectivity index (χ4n) is 6.35. The van der Waals surface area contributed by atoms with Crippen LogP contribution in [0.25, 0.3) is 0 Å². The number of carbonyl (C=O) groups excluding carboxylic acids is 1. The molecule has 52 heavy (non-hydrogen) atoms. The van der Waals surface area contributed by atoms with Crippen molar-refractivity contribution < 1.29 is 35.9 Å². The molecule has 1 amide bonds. The quantitative estimate of drug-likeness (QED) is 0.149. The predicted octanol–water partition coefficient (Wildman–Crippen LogP) is 5.56. The van der Waals surface area contributed by atoms with Gasteiger partial charge in [0.2, 0.25) is 0 Å². The minimum Gasteiger partial charge on any atom is -0.488 e. The topological polar surface area (TPSA) is 160 Å². The van der Waals surface area contributed by atoms with Gasteiger partial charge in [0.05, 0.1) is 50.3 Å². The minimum atomic E-state index is -4.53. The lowest BCUT2D eigenvalue weighted by Gasteiger charge is -2.46. The normalized spacial score (nSPS) is 20.9. The Bertz CT molecular complexity index is 1820. The number of nitrogens with two attached hydrogens (primary N) is 1. The first kappa shape index (κ1) is 39.6. The Hall–Kier alpha value is -3.64. The summed E-state index contributed by atoms with van der Waals surface area (Å²) in [7, 11) is -6.85. The predicted molar refractivity (Wildman–Crippen MR) is 201 cm³/mol. The summed E-state index contributed by atoms with van der Waals surface area (Å²) in [6.45, 7) is 19.6. The highest BCUT2D eigenvalue weighted by atomic mass is 32.2. The van der Waals surface area contributed by atoms with E-state index in [1.807, 2.05) is 44.6 Å². The lowest BCUT2D eigenvalue weighted by atomic mass is 10.2. The summed E-state index contributed by atoms with van der Waals surface area (Å²) < 4.78 is 55.2. The van der Waals surface area contributed by atoms with Gasteiger partial charge in [-0.2, -0.15) is 13.4 Å². The monoisotopic (exact) mass is 756 g/mol. The van der Waals surface area contributed by atoms with Gasteiger partial charge in [0.1, 0.15) is 24.4 Å². The van der Waals surface area contributed by atoms with Crippen molar-refractivity contribution in [2.24, 2.45) is 10.7 Å². The summed E-state index contributed by atoms with van der Waals surface area (Å²) in [5.74, 6) is -0.0729. The molecule has 2 aromatic carbocycles. The van der Waals surface area contributed by atoms with E-state index in [2.05, 4.69) is 54.6 Å². The maximum Gasteiger partial charge on any atom is 0.362 e. The van der Waals surface area contributed by atoms with Crippen molar-refractivity contribution in [1.82, 2.24) is 19.3 Å². The molecule has 1 fully saturated rings. The third kappa shape index (κ3) is 8.43. The number of carbonyl (C=O) groups is 1. The fourth-order valence-corrected chi connectivity index (χ4v) is 8.40. The molecule has 2 aliphatic heterocycles. The molecule has 0 bridgehead atoms. The number of hydrogen-bond donors (Lipinski definition) is 2. The molecule has 2 aliphatic rings. The van der Waals surface area contributed by atoms with Crippen molar-refractivity contribution in [3.05, 3.63) is 77.7 Å². The van der Waals surface area contributed by atoms with E-state index in [-0.39, 0.29) is 29.6 Å². The summed E-state index contributed by atoms with van der Waals surface area (Å²) in [4.78, 5) is 22.7.